The Balaban J connectivity index is 1.67. The molecule has 2 aromatic heterocycles. The molecule has 0 radical (unpaired) electrons. The van der Waals surface area contributed by atoms with Gasteiger partial charge in [0.1, 0.15) is 6.10 Å². The lowest BCUT2D eigenvalue weighted by molar-refractivity contribution is -0.182. The third kappa shape index (κ3) is 3.64. The maximum atomic E-state index is 13.0. The number of aryl methyl sites for hydroxylation is 1. The number of rotatable bonds is 3. The SMILES string of the molecule is CCc1c(C)nc2cc(C3CCC(C(F)(F)F)CC3)nn2c1C1CNCCO1. The molecule has 1 aliphatic carbocycles. The van der Waals surface area contributed by atoms with Crippen molar-refractivity contribution in [2.75, 3.05) is 19.7 Å². The molecule has 154 valence electrons. The number of aromatic nitrogens is 3. The molecule has 5 nitrogen and oxygen atoms in total. The molecule has 2 aliphatic rings. The van der Waals surface area contributed by atoms with E-state index in [1.54, 1.807) is 0 Å². The highest BCUT2D eigenvalue weighted by Gasteiger charge is 2.42. The second-order valence-electron chi connectivity index (χ2n) is 7.91. The molecule has 3 heterocycles. The predicted octanol–water partition coefficient (Wildman–Crippen LogP) is 4.10. The summed E-state index contributed by atoms with van der Waals surface area (Å²) in [5, 5.41) is 8.18. The lowest BCUT2D eigenvalue weighted by atomic mass is 9.80. The molecule has 1 atom stereocenters. The number of hydrogen-bond donors (Lipinski definition) is 1. The summed E-state index contributed by atoms with van der Waals surface area (Å²) in [7, 11) is 0. The molecule has 0 amide bonds. The fraction of sp³-hybridized carbons (Fsp3) is 0.700. The predicted molar refractivity (Wildman–Crippen MR) is 99.4 cm³/mol. The number of nitrogens with one attached hydrogen (secondary N) is 1. The Labute approximate surface area is 162 Å². The van der Waals surface area contributed by atoms with Crippen molar-refractivity contribution in [3.05, 3.63) is 28.7 Å². The molecule has 1 unspecified atom stereocenters. The molecule has 0 aromatic carbocycles. The zero-order valence-electron chi connectivity index (χ0n) is 16.4. The van der Waals surface area contributed by atoms with Crippen molar-refractivity contribution in [1.82, 2.24) is 19.9 Å². The second-order valence-corrected chi connectivity index (χ2v) is 7.91. The Morgan fingerprint density at radius 3 is 2.61 bits per heavy atom. The van der Waals surface area contributed by atoms with Crippen LogP contribution in [-0.2, 0) is 11.2 Å². The van der Waals surface area contributed by atoms with Crippen molar-refractivity contribution in [2.24, 2.45) is 5.92 Å². The third-order valence-corrected chi connectivity index (χ3v) is 6.16. The van der Waals surface area contributed by atoms with Crippen LogP contribution in [0.4, 0.5) is 13.2 Å². The zero-order valence-corrected chi connectivity index (χ0v) is 16.4. The number of halogens is 3. The van der Waals surface area contributed by atoms with Gasteiger partial charge in [0, 0.05) is 30.8 Å². The van der Waals surface area contributed by atoms with Crippen molar-refractivity contribution >= 4 is 5.65 Å². The van der Waals surface area contributed by atoms with E-state index in [4.69, 9.17) is 14.8 Å². The van der Waals surface area contributed by atoms with E-state index in [1.807, 2.05) is 17.5 Å². The van der Waals surface area contributed by atoms with Crippen LogP contribution in [0.1, 0.15) is 67.3 Å². The normalized spacial score (nSPS) is 26.7. The van der Waals surface area contributed by atoms with Crippen LogP contribution in [0.3, 0.4) is 0 Å². The number of alkyl halides is 3. The van der Waals surface area contributed by atoms with E-state index >= 15 is 0 Å². The maximum absolute atomic E-state index is 13.0. The van der Waals surface area contributed by atoms with Gasteiger partial charge in [0.25, 0.3) is 0 Å². The van der Waals surface area contributed by atoms with Crippen LogP contribution in [0, 0.1) is 12.8 Å². The Kier molecular flexibility index (Phi) is 5.35. The van der Waals surface area contributed by atoms with Gasteiger partial charge in [-0.25, -0.2) is 9.50 Å². The average Bonchev–Trinajstić information content (AvgIpc) is 3.10. The van der Waals surface area contributed by atoms with Gasteiger partial charge in [-0.1, -0.05) is 6.92 Å². The number of hydrogen-bond acceptors (Lipinski definition) is 4. The van der Waals surface area contributed by atoms with Crippen LogP contribution in [0.2, 0.25) is 0 Å². The minimum atomic E-state index is -4.09. The van der Waals surface area contributed by atoms with Crippen molar-refractivity contribution in [1.29, 1.82) is 0 Å². The highest BCUT2D eigenvalue weighted by molar-refractivity contribution is 5.46. The summed E-state index contributed by atoms with van der Waals surface area (Å²) < 4.78 is 46.8. The van der Waals surface area contributed by atoms with Crippen LogP contribution in [0.5, 0.6) is 0 Å². The molecule has 0 bridgehead atoms. The van der Waals surface area contributed by atoms with Gasteiger partial charge in [-0.3, -0.25) is 0 Å². The molecule has 1 saturated carbocycles. The molecule has 1 aliphatic heterocycles. The summed E-state index contributed by atoms with van der Waals surface area (Å²) in [6.45, 7) is 6.29. The molecular formula is C20H27F3N4O. The van der Waals surface area contributed by atoms with E-state index in [0.717, 1.165) is 47.8 Å². The smallest absolute Gasteiger partial charge is 0.369 e. The lowest BCUT2D eigenvalue weighted by Gasteiger charge is -2.29. The van der Waals surface area contributed by atoms with Gasteiger partial charge >= 0.3 is 6.18 Å². The monoisotopic (exact) mass is 396 g/mol. The van der Waals surface area contributed by atoms with Crippen molar-refractivity contribution < 1.29 is 17.9 Å². The van der Waals surface area contributed by atoms with Gasteiger partial charge in [0.15, 0.2) is 5.65 Å². The number of ether oxygens (including phenoxy) is 1. The van der Waals surface area contributed by atoms with Gasteiger partial charge in [-0.05, 0) is 44.6 Å². The topological polar surface area (TPSA) is 51.5 Å². The Hall–Kier alpha value is -1.67. The van der Waals surface area contributed by atoms with Crippen molar-refractivity contribution in [3.63, 3.8) is 0 Å². The molecule has 2 aromatic rings. The van der Waals surface area contributed by atoms with E-state index < -0.39 is 12.1 Å². The molecule has 0 spiro atoms. The molecule has 1 N–H and O–H groups in total. The van der Waals surface area contributed by atoms with Crippen LogP contribution in [0.15, 0.2) is 6.07 Å². The fourth-order valence-electron chi connectivity index (χ4n) is 4.62. The zero-order chi connectivity index (χ0) is 19.9. The highest BCUT2D eigenvalue weighted by atomic mass is 19.4. The summed E-state index contributed by atoms with van der Waals surface area (Å²) in [4.78, 5) is 4.72. The Morgan fingerprint density at radius 2 is 2.00 bits per heavy atom. The first-order valence-corrected chi connectivity index (χ1v) is 10.2. The van der Waals surface area contributed by atoms with Gasteiger partial charge in [-0.15, -0.1) is 0 Å². The summed E-state index contributed by atoms with van der Waals surface area (Å²) >= 11 is 0. The van der Waals surface area contributed by atoms with Crippen LogP contribution in [0.25, 0.3) is 5.65 Å². The maximum Gasteiger partial charge on any atom is 0.391 e. The minimum absolute atomic E-state index is 0.0592. The summed E-state index contributed by atoms with van der Waals surface area (Å²) in [6, 6.07) is 1.95. The largest absolute Gasteiger partial charge is 0.391 e. The van der Waals surface area contributed by atoms with Gasteiger partial charge < -0.3 is 10.1 Å². The number of morpholine rings is 1. The second kappa shape index (κ2) is 7.63. The quantitative estimate of drug-likeness (QED) is 0.849. The lowest BCUT2D eigenvalue weighted by Crippen LogP contribution is -2.35. The van der Waals surface area contributed by atoms with Gasteiger partial charge in [0.05, 0.1) is 23.9 Å². The van der Waals surface area contributed by atoms with Crippen LogP contribution < -0.4 is 5.32 Å². The van der Waals surface area contributed by atoms with E-state index in [1.165, 1.54) is 0 Å². The number of fused-ring (bicyclic) bond motifs is 1. The Bertz CT molecular complexity index is 834. The molecular weight excluding hydrogens is 369 g/mol. The van der Waals surface area contributed by atoms with E-state index in [-0.39, 0.29) is 24.9 Å². The first-order chi connectivity index (χ1) is 13.4. The summed E-state index contributed by atoms with van der Waals surface area (Å²) in [5.74, 6) is -1.12. The van der Waals surface area contributed by atoms with Gasteiger partial charge in [0.2, 0.25) is 0 Å². The minimum Gasteiger partial charge on any atom is -0.369 e. The molecule has 2 fully saturated rings. The van der Waals surface area contributed by atoms with Crippen molar-refractivity contribution in [3.8, 4) is 0 Å². The highest BCUT2D eigenvalue weighted by Crippen LogP contribution is 2.42. The molecule has 28 heavy (non-hydrogen) atoms. The van der Waals surface area contributed by atoms with E-state index in [2.05, 4.69) is 12.2 Å². The van der Waals surface area contributed by atoms with E-state index in [0.29, 0.717) is 19.4 Å². The number of nitrogens with zero attached hydrogens (tertiary/aromatic N) is 3. The van der Waals surface area contributed by atoms with Gasteiger partial charge in [-0.2, -0.15) is 18.3 Å². The van der Waals surface area contributed by atoms with Crippen LogP contribution >= 0.6 is 0 Å². The first kappa shape index (κ1) is 19.6. The van der Waals surface area contributed by atoms with Crippen LogP contribution in [-0.4, -0.2) is 40.5 Å². The fourth-order valence-corrected chi connectivity index (χ4v) is 4.62. The van der Waals surface area contributed by atoms with Crippen molar-refractivity contribution in [2.45, 2.75) is 64.1 Å². The van der Waals surface area contributed by atoms with E-state index in [9.17, 15) is 13.2 Å². The Morgan fingerprint density at radius 1 is 1.25 bits per heavy atom. The molecule has 1 saturated heterocycles. The third-order valence-electron chi connectivity index (χ3n) is 6.16. The standard InChI is InChI=1S/C20H27F3N4O/c1-3-15-12(2)25-18-10-16(13-4-6-14(7-5-13)20(21,22)23)26-27(18)19(15)17-11-24-8-9-28-17/h10,13-14,17,24H,3-9,11H2,1-2H3. The molecule has 4 rings (SSSR count). The molecule has 8 heteroatoms. The first-order valence-electron chi connectivity index (χ1n) is 10.2. The summed E-state index contributed by atoms with van der Waals surface area (Å²) in [6.07, 6.45) is -1.96. The average molecular weight is 396 g/mol. The summed E-state index contributed by atoms with van der Waals surface area (Å²) in [5.41, 5.74) is 4.73.